The molecule has 3 aromatic rings. The molecule has 1 heterocycles. The maximum absolute atomic E-state index is 13.3. The Morgan fingerprint density at radius 2 is 1.48 bits per heavy atom. The van der Waals surface area contributed by atoms with Crippen molar-refractivity contribution in [2.24, 2.45) is 0 Å². The monoisotopic (exact) mass is 424 g/mol. The number of hydrogen-bond acceptors (Lipinski definition) is 2. The van der Waals surface area contributed by atoms with E-state index < -0.39 is 11.7 Å². The minimum Gasteiger partial charge on any atom is -0.301 e. The molecule has 0 spiro atoms. The van der Waals surface area contributed by atoms with Gasteiger partial charge in [0.2, 0.25) is 0 Å². The van der Waals surface area contributed by atoms with Crippen LogP contribution in [0, 0.1) is 0 Å². The molecule has 0 unspecified atom stereocenters. The van der Waals surface area contributed by atoms with Crippen molar-refractivity contribution in [1.29, 1.82) is 0 Å². The Morgan fingerprint density at radius 1 is 0.806 bits per heavy atom. The van der Waals surface area contributed by atoms with Gasteiger partial charge in [-0.15, -0.1) is 0 Å². The first-order valence-electron chi connectivity index (χ1n) is 10.6. The van der Waals surface area contributed by atoms with Crippen molar-refractivity contribution in [2.75, 3.05) is 26.7 Å². The summed E-state index contributed by atoms with van der Waals surface area (Å²) < 4.78 is 40.0. The Morgan fingerprint density at radius 3 is 2.19 bits per heavy atom. The first-order valence-corrected chi connectivity index (χ1v) is 10.6. The largest absolute Gasteiger partial charge is 0.417 e. The second kappa shape index (κ2) is 9.25. The molecule has 0 N–H and O–H groups in total. The van der Waals surface area contributed by atoms with Crippen LogP contribution in [0.2, 0.25) is 0 Å². The van der Waals surface area contributed by atoms with E-state index in [1.165, 1.54) is 17.7 Å². The van der Waals surface area contributed by atoms with Gasteiger partial charge in [0.15, 0.2) is 0 Å². The van der Waals surface area contributed by atoms with Crippen LogP contribution in [0.4, 0.5) is 13.2 Å². The molecular formula is C26H27F3N2. The number of alkyl halides is 3. The minimum absolute atomic E-state index is 0.226. The lowest BCUT2D eigenvalue weighted by Gasteiger charge is -2.39. The van der Waals surface area contributed by atoms with Crippen LogP contribution in [-0.2, 0) is 19.1 Å². The third kappa shape index (κ3) is 5.35. The summed E-state index contributed by atoms with van der Waals surface area (Å²) in [6.07, 6.45) is -3.34. The highest BCUT2D eigenvalue weighted by molar-refractivity contribution is 5.68. The van der Waals surface area contributed by atoms with E-state index in [0.29, 0.717) is 11.6 Å². The molecule has 5 heteroatoms. The van der Waals surface area contributed by atoms with Crippen LogP contribution in [-0.4, -0.2) is 42.5 Å². The standard InChI is InChI=1S/C26H27F3N2/c1-30-15-16-31(19-23(30)17-20-7-3-2-4-8-20)18-21-11-13-22(14-12-21)24-9-5-6-10-25(24)26(27,28)29/h2-14,23H,15-19H2,1H3/t23-/m0/s1. The highest BCUT2D eigenvalue weighted by Gasteiger charge is 2.33. The second-order valence-corrected chi connectivity index (χ2v) is 8.30. The third-order valence-electron chi connectivity index (χ3n) is 6.08. The van der Waals surface area contributed by atoms with Crippen LogP contribution in [0.25, 0.3) is 11.1 Å². The highest BCUT2D eigenvalue weighted by atomic mass is 19.4. The first-order chi connectivity index (χ1) is 14.9. The molecule has 31 heavy (non-hydrogen) atoms. The van der Waals surface area contributed by atoms with E-state index in [-0.39, 0.29) is 5.56 Å². The van der Waals surface area contributed by atoms with Crippen LogP contribution in [0.3, 0.4) is 0 Å². The summed E-state index contributed by atoms with van der Waals surface area (Å²) >= 11 is 0. The van der Waals surface area contributed by atoms with Crippen molar-refractivity contribution in [3.8, 4) is 11.1 Å². The molecule has 3 aromatic carbocycles. The molecule has 0 amide bonds. The molecule has 0 aromatic heterocycles. The molecule has 1 atom stereocenters. The van der Waals surface area contributed by atoms with Gasteiger partial charge in [-0.25, -0.2) is 0 Å². The van der Waals surface area contributed by atoms with Gasteiger partial charge in [0, 0.05) is 32.2 Å². The molecule has 1 aliphatic heterocycles. The van der Waals surface area contributed by atoms with E-state index >= 15 is 0 Å². The summed E-state index contributed by atoms with van der Waals surface area (Å²) in [6.45, 7) is 3.78. The quantitative estimate of drug-likeness (QED) is 0.516. The Kier molecular flexibility index (Phi) is 6.44. The van der Waals surface area contributed by atoms with Gasteiger partial charge >= 0.3 is 6.18 Å². The Labute approximate surface area is 181 Å². The smallest absolute Gasteiger partial charge is 0.301 e. The molecular weight excluding hydrogens is 397 g/mol. The molecule has 1 fully saturated rings. The first kappa shape index (κ1) is 21.6. The van der Waals surface area contributed by atoms with Crippen molar-refractivity contribution in [1.82, 2.24) is 9.80 Å². The average Bonchev–Trinajstić information content (AvgIpc) is 2.77. The van der Waals surface area contributed by atoms with E-state index in [9.17, 15) is 13.2 Å². The van der Waals surface area contributed by atoms with E-state index in [2.05, 4.69) is 41.1 Å². The predicted molar refractivity (Wildman–Crippen MR) is 119 cm³/mol. The SMILES string of the molecule is CN1CCN(Cc2ccc(-c3ccccc3C(F)(F)F)cc2)C[C@@H]1Cc1ccccc1. The number of hydrogen-bond donors (Lipinski definition) is 0. The number of nitrogens with zero attached hydrogens (tertiary/aromatic N) is 2. The summed E-state index contributed by atoms with van der Waals surface area (Å²) in [6, 6.07) is 24.3. The molecule has 1 aliphatic rings. The lowest BCUT2D eigenvalue weighted by atomic mass is 9.98. The van der Waals surface area contributed by atoms with Crippen molar-refractivity contribution in [3.05, 3.63) is 95.6 Å². The van der Waals surface area contributed by atoms with Gasteiger partial charge in [-0.05, 0) is 41.8 Å². The lowest BCUT2D eigenvalue weighted by Crippen LogP contribution is -2.51. The molecule has 0 saturated carbocycles. The second-order valence-electron chi connectivity index (χ2n) is 8.30. The molecule has 0 bridgehead atoms. The van der Waals surface area contributed by atoms with Gasteiger partial charge in [0.25, 0.3) is 0 Å². The molecule has 4 rings (SSSR count). The normalized spacial score (nSPS) is 18.3. The Hall–Kier alpha value is -2.63. The number of rotatable bonds is 5. The van der Waals surface area contributed by atoms with E-state index in [0.717, 1.165) is 44.2 Å². The zero-order chi connectivity index (χ0) is 21.8. The summed E-state index contributed by atoms with van der Waals surface area (Å²) in [4.78, 5) is 4.85. The molecule has 2 nitrogen and oxygen atoms in total. The van der Waals surface area contributed by atoms with Crippen LogP contribution in [0.5, 0.6) is 0 Å². The van der Waals surface area contributed by atoms with Crippen molar-refractivity contribution in [2.45, 2.75) is 25.2 Å². The molecule has 162 valence electrons. The van der Waals surface area contributed by atoms with Crippen molar-refractivity contribution in [3.63, 3.8) is 0 Å². The van der Waals surface area contributed by atoms with Gasteiger partial charge in [0.1, 0.15) is 0 Å². The van der Waals surface area contributed by atoms with Crippen molar-refractivity contribution >= 4 is 0 Å². The minimum atomic E-state index is -4.36. The van der Waals surface area contributed by atoms with Gasteiger partial charge < -0.3 is 4.90 Å². The predicted octanol–water partition coefficient (Wildman–Crippen LogP) is 5.73. The average molecular weight is 425 g/mol. The number of halogens is 3. The van der Waals surface area contributed by atoms with Crippen LogP contribution < -0.4 is 0 Å². The summed E-state index contributed by atoms with van der Waals surface area (Å²) in [5, 5.41) is 0. The van der Waals surface area contributed by atoms with Gasteiger partial charge in [-0.2, -0.15) is 13.2 Å². The van der Waals surface area contributed by atoms with Crippen LogP contribution >= 0.6 is 0 Å². The van der Waals surface area contributed by atoms with Gasteiger partial charge in [0.05, 0.1) is 5.56 Å². The Balaban J connectivity index is 1.44. The summed E-state index contributed by atoms with van der Waals surface area (Å²) in [7, 11) is 2.18. The zero-order valence-electron chi connectivity index (χ0n) is 17.6. The Bertz CT molecular complexity index is 984. The molecule has 0 radical (unpaired) electrons. The fraction of sp³-hybridized carbons (Fsp3) is 0.308. The highest BCUT2D eigenvalue weighted by Crippen LogP contribution is 2.37. The fourth-order valence-corrected chi connectivity index (χ4v) is 4.29. The van der Waals surface area contributed by atoms with Gasteiger partial charge in [-0.3, -0.25) is 4.90 Å². The maximum atomic E-state index is 13.3. The van der Waals surface area contributed by atoms with E-state index in [1.54, 1.807) is 18.2 Å². The fourth-order valence-electron chi connectivity index (χ4n) is 4.29. The number of piperazine rings is 1. The van der Waals surface area contributed by atoms with Gasteiger partial charge in [-0.1, -0.05) is 72.8 Å². The maximum Gasteiger partial charge on any atom is 0.417 e. The summed E-state index contributed by atoms with van der Waals surface area (Å²) in [5.41, 5.74) is 2.69. The zero-order valence-corrected chi connectivity index (χ0v) is 17.6. The van der Waals surface area contributed by atoms with E-state index in [1.807, 2.05) is 18.2 Å². The summed E-state index contributed by atoms with van der Waals surface area (Å²) in [5.74, 6) is 0. The van der Waals surface area contributed by atoms with Crippen LogP contribution in [0.1, 0.15) is 16.7 Å². The molecule has 0 aliphatic carbocycles. The van der Waals surface area contributed by atoms with Crippen LogP contribution in [0.15, 0.2) is 78.9 Å². The third-order valence-corrected chi connectivity index (χ3v) is 6.08. The van der Waals surface area contributed by atoms with Crippen molar-refractivity contribution < 1.29 is 13.2 Å². The number of benzene rings is 3. The topological polar surface area (TPSA) is 6.48 Å². The number of likely N-dealkylation sites (N-methyl/N-ethyl adjacent to an activating group) is 1. The van der Waals surface area contributed by atoms with E-state index in [4.69, 9.17) is 0 Å². The molecule has 1 saturated heterocycles. The lowest BCUT2D eigenvalue weighted by molar-refractivity contribution is -0.137.